The second-order valence-electron chi connectivity index (χ2n) is 11.5. The Bertz CT molecular complexity index is 2240. The molecule has 46 heavy (non-hydrogen) atoms. The Morgan fingerprint density at radius 3 is 1.09 bits per heavy atom. The molecule has 0 bridgehead atoms. The van der Waals surface area contributed by atoms with Gasteiger partial charge < -0.3 is 19.3 Å². The molecule has 0 unspecified atom stereocenters. The molecule has 0 atom stereocenters. The van der Waals surface area contributed by atoms with Crippen LogP contribution in [0.5, 0.6) is 23.0 Å². The van der Waals surface area contributed by atoms with Crippen molar-refractivity contribution >= 4 is 66.7 Å². The number of para-hydroxylation sites is 8. The van der Waals surface area contributed by atoms with Crippen molar-refractivity contribution in [2.24, 2.45) is 0 Å². The molecule has 6 nitrogen and oxygen atoms in total. The first-order valence-electron chi connectivity index (χ1n) is 15.2. The quantitative estimate of drug-likeness (QED) is 0.186. The van der Waals surface area contributed by atoms with E-state index in [-0.39, 0.29) is 0 Å². The SMILES string of the molecule is c1ccc2c(c1)Oc1ccccc1N2c1ccc2c3ccc(N4c5ccccc5Oc5ccccc54)cc3c3nccnc3c2c1. The molecule has 0 saturated heterocycles. The van der Waals surface area contributed by atoms with Crippen molar-refractivity contribution in [1.29, 1.82) is 0 Å². The lowest BCUT2D eigenvalue weighted by molar-refractivity contribution is 0.477. The molecule has 0 radical (unpaired) electrons. The summed E-state index contributed by atoms with van der Waals surface area (Å²) in [5, 5.41) is 4.33. The van der Waals surface area contributed by atoms with Crippen LogP contribution in [0.25, 0.3) is 32.6 Å². The second-order valence-corrected chi connectivity index (χ2v) is 11.5. The Hall–Kier alpha value is -6.40. The molecular formula is C40H24N4O2. The van der Waals surface area contributed by atoms with E-state index in [9.17, 15) is 0 Å². The van der Waals surface area contributed by atoms with E-state index in [1.165, 1.54) is 0 Å². The zero-order valence-corrected chi connectivity index (χ0v) is 24.5. The lowest BCUT2D eigenvalue weighted by Crippen LogP contribution is -2.15. The van der Waals surface area contributed by atoms with Gasteiger partial charge in [-0.2, -0.15) is 0 Å². The standard InChI is InChI=1S/C40H24N4O2/c1-5-13-35-31(9-1)43(32-10-2-6-14-36(32)45-35)25-17-19-27-28-20-18-26(24-30(28)40-39(29(27)23-25)41-21-22-42-40)44-33-11-3-7-15-37(33)46-38-16-8-4-12-34(38)44/h1-24H. The number of benzene rings is 7. The van der Waals surface area contributed by atoms with Crippen LogP contribution in [0.1, 0.15) is 0 Å². The molecule has 1 aromatic heterocycles. The van der Waals surface area contributed by atoms with Gasteiger partial charge in [0.15, 0.2) is 23.0 Å². The molecule has 0 aliphatic carbocycles. The summed E-state index contributed by atoms with van der Waals surface area (Å²) in [5.74, 6) is 3.29. The molecule has 0 amide bonds. The van der Waals surface area contributed by atoms with E-state index in [1.807, 2.05) is 72.8 Å². The van der Waals surface area contributed by atoms with Gasteiger partial charge in [-0.3, -0.25) is 9.97 Å². The number of hydrogen-bond donors (Lipinski definition) is 0. The van der Waals surface area contributed by atoms with Crippen molar-refractivity contribution in [2.45, 2.75) is 0 Å². The summed E-state index contributed by atoms with van der Waals surface area (Å²) in [6.07, 6.45) is 3.55. The van der Waals surface area contributed by atoms with E-state index in [0.717, 1.165) is 89.7 Å². The predicted octanol–water partition coefficient (Wildman–Crippen LogP) is 11.1. The summed E-state index contributed by atoms with van der Waals surface area (Å²) in [5.41, 5.74) is 7.75. The summed E-state index contributed by atoms with van der Waals surface area (Å²) < 4.78 is 12.5. The van der Waals surface area contributed by atoms with Gasteiger partial charge in [-0.15, -0.1) is 0 Å². The first-order chi connectivity index (χ1) is 22.8. The van der Waals surface area contributed by atoms with Gasteiger partial charge in [0.25, 0.3) is 0 Å². The number of rotatable bonds is 2. The van der Waals surface area contributed by atoms with E-state index in [4.69, 9.17) is 19.4 Å². The highest BCUT2D eigenvalue weighted by Gasteiger charge is 2.28. The molecule has 3 heterocycles. The zero-order chi connectivity index (χ0) is 30.2. The maximum atomic E-state index is 6.27. The summed E-state index contributed by atoms with van der Waals surface area (Å²) in [6, 6.07) is 45.9. The zero-order valence-electron chi connectivity index (χ0n) is 24.5. The Balaban J connectivity index is 1.20. The maximum Gasteiger partial charge on any atom is 0.151 e. The molecule has 0 spiro atoms. The Kier molecular flexibility index (Phi) is 5.19. The van der Waals surface area contributed by atoms with E-state index in [0.29, 0.717) is 0 Å². The lowest BCUT2D eigenvalue weighted by Gasteiger charge is -2.33. The van der Waals surface area contributed by atoms with Crippen LogP contribution < -0.4 is 19.3 Å². The summed E-state index contributed by atoms with van der Waals surface area (Å²) in [6.45, 7) is 0. The third kappa shape index (κ3) is 3.58. The number of nitrogens with zero attached hydrogens (tertiary/aromatic N) is 4. The molecule has 2 aliphatic heterocycles. The highest BCUT2D eigenvalue weighted by molar-refractivity contribution is 6.24. The Morgan fingerprint density at radius 2 is 0.717 bits per heavy atom. The fourth-order valence-corrected chi connectivity index (χ4v) is 6.90. The van der Waals surface area contributed by atoms with Crippen molar-refractivity contribution in [3.05, 3.63) is 146 Å². The Morgan fingerprint density at radius 1 is 0.370 bits per heavy atom. The number of fused-ring (bicyclic) bond motifs is 10. The summed E-state index contributed by atoms with van der Waals surface area (Å²) in [7, 11) is 0. The van der Waals surface area contributed by atoms with Gasteiger partial charge in [0.2, 0.25) is 0 Å². The third-order valence-electron chi connectivity index (χ3n) is 8.89. The molecule has 10 rings (SSSR count). The van der Waals surface area contributed by atoms with Crippen molar-refractivity contribution in [3.63, 3.8) is 0 Å². The monoisotopic (exact) mass is 592 g/mol. The molecule has 216 valence electrons. The normalized spacial score (nSPS) is 13.0. The van der Waals surface area contributed by atoms with Crippen molar-refractivity contribution in [2.75, 3.05) is 9.80 Å². The largest absolute Gasteiger partial charge is 0.453 e. The number of hydrogen-bond acceptors (Lipinski definition) is 6. The van der Waals surface area contributed by atoms with Crippen LogP contribution >= 0.6 is 0 Å². The number of ether oxygens (including phenoxy) is 2. The van der Waals surface area contributed by atoms with E-state index in [2.05, 4.69) is 70.5 Å². The van der Waals surface area contributed by atoms with Gasteiger partial charge in [-0.25, -0.2) is 0 Å². The molecule has 0 fully saturated rings. The van der Waals surface area contributed by atoms with Crippen molar-refractivity contribution in [1.82, 2.24) is 9.97 Å². The molecule has 2 aliphatic rings. The van der Waals surface area contributed by atoms with Crippen LogP contribution in [-0.2, 0) is 0 Å². The molecule has 0 saturated carbocycles. The van der Waals surface area contributed by atoms with Crippen molar-refractivity contribution < 1.29 is 9.47 Å². The summed E-state index contributed by atoms with van der Waals surface area (Å²) in [4.78, 5) is 14.3. The number of aromatic nitrogens is 2. The minimum Gasteiger partial charge on any atom is -0.453 e. The second kappa shape index (κ2) is 9.55. The third-order valence-corrected chi connectivity index (χ3v) is 8.89. The maximum absolute atomic E-state index is 6.27. The van der Waals surface area contributed by atoms with Gasteiger partial charge >= 0.3 is 0 Å². The van der Waals surface area contributed by atoms with Crippen LogP contribution in [0.3, 0.4) is 0 Å². The van der Waals surface area contributed by atoms with E-state index < -0.39 is 0 Å². The molecule has 8 aromatic rings. The van der Waals surface area contributed by atoms with E-state index in [1.54, 1.807) is 12.4 Å². The van der Waals surface area contributed by atoms with Gasteiger partial charge in [-0.1, -0.05) is 60.7 Å². The molecule has 7 aromatic carbocycles. The summed E-state index contributed by atoms with van der Waals surface area (Å²) >= 11 is 0. The van der Waals surface area contributed by atoms with Crippen LogP contribution in [0.2, 0.25) is 0 Å². The molecule has 6 heteroatoms. The molecule has 0 N–H and O–H groups in total. The lowest BCUT2D eigenvalue weighted by atomic mass is 9.97. The highest BCUT2D eigenvalue weighted by Crippen LogP contribution is 2.52. The van der Waals surface area contributed by atoms with Gasteiger partial charge in [-0.05, 0) is 83.6 Å². The Labute approximate surface area is 264 Å². The van der Waals surface area contributed by atoms with Crippen molar-refractivity contribution in [3.8, 4) is 23.0 Å². The minimum absolute atomic E-state index is 0.822. The van der Waals surface area contributed by atoms with Crippen LogP contribution in [0, 0.1) is 0 Å². The van der Waals surface area contributed by atoms with Gasteiger partial charge in [0.1, 0.15) is 0 Å². The fraction of sp³-hybridized carbons (Fsp3) is 0. The highest BCUT2D eigenvalue weighted by atomic mass is 16.5. The molecular weight excluding hydrogens is 568 g/mol. The van der Waals surface area contributed by atoms with Gasteiger partial charge in [0.05, 0.1) is 33.8 Å². The average molecular weight is 593 g/mol. The van der Waals surface area contributed by atoms with Crippen LogP contribution in [0.4, 0.5) is 34.1 Å². The van der Waals surface area contributed by atoms with E-state index >= 15 is 0 Å². The van der Waals surface area contributed by atoms with Crippen LogP contribution in [0.15, 0.2) is 146 Å². The first kappa shape index (κ1) is 25.0. The first-order valence-corrected chi connectivity index (χ1v) is 15.2. The van der Waals surface area contributed by atoms with Crippen LogP contribution in [-0.4, -0.2) is 9.97 Å². The predicted molar refractivity (Wildman–Crippen MR) is 184 cm³/mol. The number of anilines is 6. The van der Waals surface area contributed by atoms with Gasteiger partial charge in [0, 0.05) is 34.5 Å². The topological polar surface area (TPSA) is 50.7 Å². The average Bonchev–Trinajstić information content (AvgIpc) is 3.12. The minimum atomic E-state index is 0.822. The smallest absolute Gasteiger partial charge is 0.151 e. The fourth-order valence-electron chi connectivity index (χ4n) is 6.90.